The molecule has 0 saturated heterocycles. The number of hydrogen-bond donors (Lipinski definition) is 1. The molecule has 2 fully saturated rings. The first-order chi connectivity index (χ1) is 15.1. The van der Waals surface area contributed by atoms with Crippen LogP contribution in [0.2, 0.25) is 0 Å². The monoisotopic (exact) mass is 421 g/mol. The third-order valence-electron chi connectivity index (χ3n) is 7.87. The molecule has 2 aliphatic carbocycles. The van der Waals surface area contributed by atoms with Crippen LogP contribution in [0, 0.1) is 0 Å². The Kier molecular flexibility index (Phi) is 5.53. The van der Waals surface area contributed by atoms with E-state index in [9.17, 15) is 9.59 Å². The molecule has 2 heterocycles. The van der Waals surface area contributed by atoms with E-state index in [0.717, 1.165) is 55.1 Å². The van der Waals surface area contributed by atoms with Gasteiger partial charge >= 0.3 is 0 Å². The second-order valence-corrected chi connectivity index (χ2v) is 10.1. The van der Waals surface area contributed by atoms with Gasteiger partial charge in [-0.2, -0.15) is 0 Å². The predicted molar refractivity (Wildman–Crippen MR) is 123 cm³/mol. The van der Waals surface area contributed by atoms with Crippen LogP contribution in [-0.4, -0.2) is 38.9 Å². The second-order valence-electron chi connectivity index (χ2n) is 10.1. The van der Waals surface area contributed by atoms with Gasteiger partial charge in [-0.25, -0.2) is 0 Å². The Balaban J connectivity index is 1.50. The molecule has 0 spiro atoms. The summed E-state index contributed by atoms with van der Waals surface area (Å²) in [6.45, 7) is 2.52. The van der Waals surface area contributed by atoms with Crippen LogP contribution in [-0.2, 0) is 11.3 Å². The van der Waals surface area contributed by atoms with Crippen molar-refractivity contribution in [2.24, 2.45) is 0 Å². The summed E-state index contributed by atoms with van der Waals surface area (Å²) in [5.41, 5.74) is 0.912. The van der Waals surface area contributed by atoms with Crippen molar-refractivity contribution >= 4 is 22.7 Å². The minimum absolute atomic E-state index is 0.0182. The first-order valence-electron chi connectivity index (χ1n) is 12.3. The molecular weight excluding hydrogens is 386 g/mol. The van der Waals surface area contributed by atoms with E-state index in [2.05, 4.69) is 22.0 Å². The lowest BCUT2D eigenvalue weighted by molar-refractivity contribution is -0.135. The molecule has 2 amide bonds. The molecule has 1 atom stereocenters. The van der Waals surface area contributed by atoms with Crippen LogP contribution >= 0.6 is 0 Å². The van der Waals surface area contributed by atoms with Crippen LogP contribution in [0.4, 0.5) is 0 Å². The van der Waals surface area contributed by atoms with Crippen molar-refractivity contribution < 1.29 is 9.59 Å². The summed E-state index contributed by atoms with van der Waals surface area (Å²) in [4.78, 5) is 29.6. The molecule has 1 aromatic heterocycles. The van der Waals surface area contributed by atoms with Crippen LogP contribution in [0.1, 0.15) is 88.0 Å². The van der Waals surface area contributed by atoms with E-state index in [4.69, 9.17) is 0 Å². The lowest BCUT2D eigenvalue weighted by Crippen LogP contribution is -2.67. The highest BCUT2D eigenvalue weighted by Crippen LogP contribution is 2.38. The van der Waals surface area contributed by atoms with Crippen molar-refractivity contribution in [1.82, 2.24) is 14.8 Å². The summed E-state index contributed by atoms with van der Waals surface area (Å²) < 4.78 is 2.08. The SMILES string of the molecule is C[C@]1(C(=O)NC2CCCCCCC2)Cn2c(cc3ccccc32)C(=O)N1C1CCCC1. The van der Waals surface area contributed by atoms with E-state index in [1.54, 1.807) is 0 Å². The molecular formula is C26H35N3O2. The van der Waals surface area contributed by atoms with E-state index in [1.807, 2.05) is 30.0 Å². The normalized spacial score (nSPS) is 26.0. The number of nitrogens with zero attached hydrogens (tertiary/aromatic N) is 2. The molecule has 0 unspecified atom stereocenters. The van der Waals surface area contributed by atoms with Gasteiger partial charge in [-0.1, -0.05) is 63.1 Å². The summed E-state index contributed by atoms with van der Waals surface area (Å²) in [7, 11) is 0. The Hall–Kier alpha value is -2.30. The second kappa shape index (κ2) is 8.33. The smallest absolute Gasteiger partial charge is 0.271 e. The van der Waals surface area contributed by atoms with E-state index in [0.29, 0.717) is 6.54 Å². The van der Waals surface area contributed by atoms with Crippen LogP contribution < -0.4 is 5.32 Å². The van der Waals surface area contributed by atoms with Gasteiger partial charge in [-0.05, 0) is 44.7 Å². The number of amides is 2. The van der Waals surface area contributed by atoms with Gasteiger partial charge in [0, 0.05) is 23.0 Å². The number of para-hydroxylation sites is 1. The van der Waals surface area contributed by atoms with Gasteiger partial charge in [0.2, 0.25) is 5.91 Å². The van der Waals surface area contributed by atoms with Crippen LogP contribution in [0.3, 0.4) is 0 Å². The van der Waals surface area contributed by atoms with Gasteiger partial charge in [-0.3, -0.25) is 9.59 Å². The highest BCUT2D eigenvalue weighted by molar-refractivity contribution is 6.03. The lowest BCUT2D eigenvalue weighted by atomic mass is 9.90. The number of hydrogen-bond acceptors (Lipinski definition) is 2. The summed E-state index contributed by atoms with van der Waals surface area (Å²) in [5.74, 6) is 0.0476. The maximum Gasteiger partial charge on any atom is 0.271 e. The summed E-state index contributed by atoms with van der Waals surface area (Å²) in [5, 5.41) is 4.47. The quantitative estimate of drug-likeness (QED) is 0.756. The third-order valence-corrected chi connectivity index (χ3v) is 7.87. The molecule has 1 aromatic carbocycles. The Morgan fingerprint density at radius 2 is 1.61 bits per heavy atom. The van der Waals surface area contributed by atoms with Crippen molar-refractivity contribution in [1.29, 1.82) is 0 Å². The molecule has 3 aliphatic rings. The van der Waals surface area contributed by atoms with Crippen LogP contribution in [0.25, 0.3) is 10.9 Å². The fourth-order valence-corrected chi connectivity index (χ4v) is 6.14. The molecule has 1 aliphatic heterocycles. The number of benzene rings is 1. The standard InChI is InChI=1S/C26H35N3O2/c1-26(25(31)27-20-12-5-3-2-4-6-13-20)18-28-22-16-10-7-11-19(22)17-23(28)24(30)29(26)21-14-8-9-15-21/h7,10-11,16-17,20-21H,2-6,8-9,12-15,18H2,1H3,(H,27,31)/t26-/m1/s1. The fraction of sp³-hybridized carbons (Fsp3) is 0.615. The maximum atomic E-state index is 13.8. The van der Waals surface area contributed by atoms with Crippen molar-refractivity contribution in [3.8, 4) is 0 Å². The number of aromatic nitrogens is 1. The lowest BCUT2D eigenvalue weighted by Gasteiger charge is -2.47. The first kappa shape index (κ1) is 20.6. The molecule has 1 N–H and O–H groups in total. The maximum absolute atomic E-state index is 13.8. The van der Waals surface area contributed by atoms with E-state index in [-0.39, 0.29) is 23.9 Å². The first-order valence-corrected chi connectivity index (χ1v) is 12.3. The van der Waals surface area contributed by atoms with Gasteiger partial charge in [0.1, 0.15) is 11.2 Å². The molecule has 5 rings (SSSR count). The minimum atomic E-state index is -0.858. The van der Waals surface area contributed by atoms with Gasteiger partial charge in [0.15, 0.2) is 0 Å². The summed E-state index contributed by atoms with van der Waals surface area (Å²) >= 11 is 0. The van der Waals surface area contributed by atoms with Crippen LogP contribution in [0.5, 0.6) is 0 Å². The van der Waals surface area contributed by atoms with Crippen molar-refractivity contribution in [2.45, 2.75) is 102 Å². The number of fused-ring (bicyclic) bond motifs is 3. The average molecular weight is 422 g/mol. The zero-order valence-electron chi connectivity index (χ0n) is 18.7. The zero-order valence-corrected chi connectivity index (χ0v) is 18.7. The average Bonchev–Trinajstić information content (AvgIpc) is 3.38. The molecule has 5 nitrogen and oxygen atoms in total. The van der Waals surface area contributed by atoms with Gasteiger partial charge < -0.3 is 14.8 Å². The Labute approximate surface area is 185 Å². The highest BCUT2D eigenvalue weighted by Gasteiger charge is 2.51. The van der Waals surface area contributed by atoms with E-state index in [1.165, 1.54) is 32.1 Å². The van der Waals surface area contributed by atoms with Crippen LogP contribution in [0.15, 0.2) is 30.3 Å². The molecule has 0 radical (unpaired) electrons. The Morgan fingerprint density at radius 1 is 0.968 bits per heavy atom. The fourth-order valence-electron chi connectivity index (χ4n) is 6.14. The van der Waals surface area contributed by atoms with Crippen molar-refractivity contribution in [3.63, 3.8) is 0 Å². The number of carbonyl (C=O) groups excluding carboxylic acids is 2. The topological polar surface area (TPSA) is 54.3 Å². The van der Waals surface area contributed by atoms with Gasteiger partial charge in [0.25, 0.3) is 5.91 Å². The molecule has 2 saturated carbocycles. The van der Waals surface area contributed by atoms with Crippen molar-refractivity contribution in [3.05, 3.63) is 36.0 Å². The number of nitrogens with one attached hydrogen (secondary N) is 1. The molecule has 0 bridgehead atoms. The molecule has 5 heteroatoms. The molecule has 166 valence electrons. The van der Waals surface area contributed by atoms with Gasteiger partial charge in [-0.15, -0.1) is 0 Å². The number of carbonyl (C=O) groups is 2. The number of rotatable bonds is 3. The summed E-state index contributed by atoms with van der Waals surface area (Å²) in [6.07, 6.45) is 12.6. The Bertz CT molecular complexity index is 966. The predicted octanol–water partition coefficient (Wildman–Crippen LogP) is 5.03. The minimum Gasteiger partial charge on any atom is -0.351 e. The van der Waals surface area contributed by atoms with E-state index < -0.39 is 5.54 Å². The Morgan fingerprint density at radius 3 is 2.35 bits per heavy atom. The summed E-state index contributed by atoms with van der Waals surface area (Å²) in [6, 6.07) is 10.5. The van der Waals surface area contributed by atoms with Gasteiger partial charge in [0.05, 0.1) is 6.54 Å². The van der Waals surface area contributed by atoms with Crippen molar-refractivity contribution in [2.75, 3.05) is 0 Å². The highest BCUT2D eigenvalue weighted by atomic mass is 16.2. The van der Waals surface area contributed by atoms with E-state index >= 15 is 0 Å². The molecule has 31 heavy (non-hydrogen) atoms. The molecule has 2 aromatic rings. The largest absolute Gasteiger partial charge is 0.351 e. The zero-order chi connectivity index (χ0) is 21.4. The third kappa shape index (κ3) is 3.66.